The number of hydrogen-bond donors (Lipinski definition) is 4. The summed E-state index contributed by atoms with van der Waals surface area (Å²) in [6.45, 7) is 1.30. The van der Waals surface area contributed by atoms with Gasteiger partial charge in [0.1, 0.15) is 11.6 Å². The number of phenolic OH excluding ortho intramolecular Hbond substituents is 1. The molecule has 0 aliphatic rings. The van der Waals surface area contributed by atoms with Gasteiger partial charge in [0.05, 0.1) is 21.7 Å². The number of amidine groups is 1. The van der Waals surface area contributed by atoms with Gasteiger partial charge in [0.15, 0.2) is 9.84 Å². The number of benzene rings is 2. The number of nitrogen functional groups attached to an aromatic ring is 1. The van der Waals surface area contributed by atoms with Crippen molar-refractivity contribution >= 4 is 21.4 Å². The van der Waals surface area contributed by atoms with Crippen LogP contribution in [0.25, 0.3) is 0 Å². The number of alkyl halides is 3. The minimum absolute atomic E-state index is 0.0477. The predicted octanol–water partition coefficient (Wildman–Crippen LogP) is 3.02. The molecule has 5 N–H and O–H groups in total. The number of aryl methyl sites for hydroxylation is 1. The third-order valence-electron chi connectivity index (χ3n) is 3.95. The molecule has 0 saturated heterocycles. The van der Waals surface area contributed by atoms with Gasteiger partial charge in [-0.2, -0.15) is 13.2 Å². The Balaban J connectivity index is 2.45. The van der Waals surface area contributed by atoms with Crippen LogP contribution in [0.4, 0.5) is 18.9 Å². The van der Waals surface area contributed by atoms with E-state index in [1.807, 2.05) is 0 Å². The number of nitrogens with two attached hydrogens (primary N) is 1. The molecule has 0 aromatic heterocycles. The van der Waals surface area contributed by atoms with Gasteiger partial charge in [0, 0.05) is 12.8 Å². The number of hydrogen-bond acceptors (Lipinski definition) is 5. The van der Waals surface area contributed by atoms with Crippen LogP contribution >= 0.6 is 0 Å². The van der Waals surface area contributed by atoms with Crippen molar-refractivity contribution < 1.29 is 26.7 Å². The van der Waals surface area contributed by atoms with Gasteiger partial charge < -0.3 is 16.2 Å². The van der Waals surface area contributed by atoms with E-state index < -0.39 is 26.5 Å². The maximum atomic E-state index is 13.4. The van der Waals surface area contributed by atoms with Crippen LogP contribution in [0.5, 0.6) is 5.75 Å². The van der Waals surface area contributed by atoms with Crippen LogP contribution in [0.15, 0.2) is 35.2 Å². The van der Waals surface area contributed by atoms with E-state index in [0.29, 0.717) is 11.6 Å². The highest BCUT2D eigenvalue weighted by Crippen LogP contribution is 2.35. The standard InChI is InChI=1S/C17H18F3N3O3S/c1-9-3-6-12(16(21)22)15(24)14(9)23-8-10-4-5-11(27(2,25)26)7-13(10)17(18,19)20/h3-7,23-24H,8H2,1-2H3,(H3,21,22). The van der Waals surface area contributed by atoms with Crippen LogP contribution in [0, 0.1) is 12.3 Å². The zero-order chi connectivity index (χ0) is 20.6. The molecule has 0 bridgehead atoms. The number of nitrogens with one attached hydrogen (secondary N) is 2. The summed E-state index contributed by atoms with van der Waals surface area (Å²) in [5, 5.41) is 20.3. The third-order valence-corrected chi connectivity index (χ3v) is 5.06. The molecule has 0 fully saturated rings. The summed E-state index contributed by atoms with van der Waals surface area (Å²) in [5.74, 6) is -0.729. The second kappa shape index (κ2) is 7.10. The quantitative estimate of drug-likeness (QED) is 0.349. The molecule has 0 unspecified atom stereocenters. The second-order valence-electron chi connectivity index (χ2n) is 6.01. The molecule has 0 spiro atoms. The summed E-state index contributed by atoms with van der Waals surface area (Å²) < 4.78 is 63.2. The summed E-state index contributed by atoms with van der Waals surface area (Å²) >= 11 is 0. The summed E-state index contributed by atoms with van der Waals surface area (Å²) in [4.78, 5) is -0.434. The molecule has 10 heteroatoms. The molecule has 6 nitrogen and oxygen atoms in total. The smallest absolute Gasteiger partial charge is 0.416 e. The normalized spacial score (nSPS) is 12.0. The number of aromatic hydroxyl groups is 1. The molecule has 0 amide bonds. The van der Waals surface area contributed by atoms with Crippen LogP contribution in [-0.2, 0) is 22.6 Å². The number of rotatable bonds is 5. The van der Waals surface area contributed by atoms with Crippen molar-refractivity contribution in [3.05, 3.63) is 52.6 Å². The Labute approximate surface area is 154 Å². The molecular weight excluding hydrogens is 383 g/mol. The van der Waals surface area contributed by atoms with Crippen LogP contribution < -0.4 is 11.1 Å². The summed E-state index contributed by atoms with van der Waals surface area (Å²) in [5.41, 5.74) is 4.82. The molecule has 0 radical (unpaired) electrons. The molecular formula is C17H18F3N3O3S. The Hall–Kier alpha value is -2.75. The lowest BCUT2D eigenvalue weighted by Gasteiger charge is -2.17. The predicted molar refractivity (Wildman–Crippen MR) is 95.7 cm³/mol. The fraction of sp³-hybridized carbons (Fsp3) is 0.235. The number of sulfone groups is 1. The first-order chi connectivity index (χ1) is 12.3. The minimum Gasteiger partial charge on any atom is -0.505 e. The van der Waals surface area contributed by atoms with E-state index in [2.05, 4.69) is 5.32 Å². The fourth-order valence-electron chi connectivity index (χ4n) is 2.52. The van der Waals surface area contributed by atoms with Crippen LogP contribution in [-0.4, -0.2) is 25.6 Å². The Bertz CT molecular complexity index is 1000. The SMILES string of the molecule is Cc1ccc(C(=N)N)c(O)c1NCc1ccc(S(C)(=O)=O)cc1C(F)(F)F. The van der Waals surface area contributed by atoms with Gasteiger partial charge in [0.25, 0.3) is 0 Å². The van der Waals surface area contributed by atoms with Crippen LogP contribution in [0.1, 0.15) is 22.3 Å². The number of anilines is 1. The van der Waals surface area contributed by atoms with Crippen molar-refractivity contribution in [3.8, 4) is 5.75 Å². The topological polar surface area (TPSA) is 116 Å². The van der Waals surface area contributed by atoms with Gasteiger partial charge in [-0.15, -0.1) is 0 Å². The van der Waals surface area contributed by atoms with Gasteiger partial charge in [0.2, 0.25) is 0 Å². The van der Waals surface area contributed by atoms with Gasteiger partial charge in [-0.25, -0.2) is 8.42 Å². The highest BCUT2D eigenvalue weighted by atomic mass is 32.2. The van der Waals surface area contributed by atoms with E-state index in [0.717, 1.165) is 18.4 Å². The summed E-state index contributed by atoms with van der Waals surface area (Å²) in [6, 6.07) is 5.76. The maximum absolute atomic E-state index is 13.4. The molecule has 0 aliphatic heterocycles. The molecule has 0 heterocycles. The Morgan fingerprint density at radius 1 is 1.26 bits per heavy atom. The van der Waals surface area contributed by atoms with E-state index in [4.69, 9.17) is 11.1 Å². The molecule has 146 valence electrons. The van der Waals surface area contributed by atoms with Crippen molar-refractivity contribution in [1.82, 2.24) is 0 Å². The van der Waals surface area contributed by atoms with Gasteiger partial charge >= 0.3 is 6.18 Å². The molecule has 0 saturated carbocycles. The summed E-state index contributed by atoms with van der Waals surface area (Å²) in [6.07, 6.45) is -3.93. The minimum atomic E-state index is -4.75. The Morgan fingerprint density at radius 3 is 2.41 bits per heavy atom. The first kappa shape index (κ1) is 20.6. The van der Waals surface area contributed by atoms with Crippen molar-refractivity contribution in [2.45, 2.75) is 24.5 Å². The highest BCUT2D eigenvalue weighted by molar-refractivity contribution is 7.90. The van der Waals surface area contributed by atoms with E-state index in [-0.39, 0.29) is 34.9 Å². The lowest BCUT2D eigenvalue weighted by molar-refractivity contribution is -0.138. The second-order valence-corrected chi connectivity index (χ2v) is 8.03. The maximum Gasteiger partial charge on any atom is 0.416 e. The average molecular weight is 401 g/mol. The van der Waals surface area contributed by atoms with Crippen molar-refractivity contribution in [3.63, 3.8) is 0 Å². The van der Waals surface area contributed by atoms with Crippen molar-refractivity contribution in [1.29, 1.82) is 5.41 Å². The Morgan fingerprint density at radius 2 is 1.89 bits per heavy atom. The first-order valence-corrected chi connectivity index (χ1v) is 9.52. The number of halogens is 3. The molecule has 2 rings (SSSR count). The van der Waals surface area contributed by atoms with E-state index in [9.17, 15) is 26.7 Å². The van der Waals surface area contributed by atoms with E-state index >= 15 is 0 Å². The average Bonchev–Trinajstić information content (AvgIpc) is 2.52. The molecule has 27 heavy (non-hydrogen) atoms. The van der Waals surface area contributed by atoms with Crippen molar-refractivity contribution in [2.75, 3.05) is 11.6 Å². The van der Waals surface area contributed by atoms with Crippen LogP contribution in [0.3, 0.4) is 0 Å². The third kappa shape index (κ3) is 4.51. The monoisotopic (exact) mass is 401 g/mol. The molecule has 2 aromatic rings. The van der Waals surface area contributed by atoms with E-state index in [1.54, 1.807) is 13.0 Å². The van der Waals surface area contributed by atoms with Crippen molar-refractivity contribution in [2.24, 2.45) is 5.73 Å². The Kier molecular flexibility index (Phi) is 5.41. The van der Waals surface area contributed by atoms with Gasteiger partial charge in [-0.3, -0.25) is 5.41 Å². The summed E-state index contributed by atoms with van der Waals surface area (Å²) in [7, 11) is -3.80. The zero-order valence-electron chi connectivity index (χ0n) is 14.5. The first-order valence-electron chi connectivity index (χ1n) is 7.63. The molecule has 0 aliphatic carbocycles. The fourth-order valence-corrected chi connectivity index (χ4v) is 3.17. The lowest BCUT2D eigenvalue weighted by Crippen LogP contribution is -2.15. The van der Waals surface area contributed by atoms with Crippen LogP contribution in [0.2, 0.25) is 0 Å². The lowest BCUT2D eigenvalue weighted by atomic mass is 10.0. The zero-order valence-corrected chi connectivity index (χ0v) is 15.3. The largest absolute Gasteiger partial charge is 0.505 e. The van der Waals surface area contributed by atoms with E-state index in [1.165, 1.54) is 6.07 Å². The molecule has 2 aromatic carbocycles. The van der Waals surface area contributed by atoms with Gasteiger partial charge in [-0.1, -0.05) is 12.1 Å². The molecule has 0 atom stereocenters. The highest BCUT2D eigenvalue weighted by Gasteiger charge is 2.34. The number of phenols is 1. The van der Waals surface area contributed by atoms with Gasteiger partial charge in [-0.05, 0) is 36.2 Å².